The molecule has 0 aliphatic carbocycles. The third-order valence-corrected chi connectivity index (χ3v) is 3.23. The number of hydrogen-bond acceptors (Lipinski definition) is 3. The number of likely N-dealkylation sites (tertiary alicyclic amines) is 1. The number of nitrogens with zero attached hydrogens (tertiary/aromatic N) is 1. The molecule has 0 radical (unpaired) electrons. The maximum atomic E-state index is 12.3. The quantitative estimate of drug-likeness (QED) is 0.813. The first-order valence-electron chi connectivity index (χ1n) is 6.12. The summed E-state index contributed by atoms with van der Waals surface area (Å²) < 4.78 is 4.55. The highest BCUT2D eigenvalue weighted by Gasteiger charge is 2.33. The second-order valence-electron chi connectivity index (χ2n) is 4.88. The predicted octanol–water partition coefficient (Wildman–Crippen LogP) is 1.38. The molecule has 1 rings (SSSR count). The number of rotatable bonds is 3. The summed E-state index contributed by atoms with van der Waals surface area (Å²) in [4.78, 5) is 25.4. The Morgan fingerprint density at radius 1 is 1.41 bits per heavy atom. The Morgan fingerprint density at radius 3 is 2.47 bits per heavy atom. The highest BCUT2D eigenvalue weighted by molar-refractivity contribution is 5.86. The van der Waals surface area contributed by atoms with E-state index in [1.165, 1.54) is 7.11 Å². The summed E-state index contributed by atoms with van der Waals surface area (Å²) in [6, 6.07) is -0.230. The van der Waals surface area contributed by atoms with E-state index in [-0.39, 0.29) is 17.9 Å². The summed E-state index contributed by atoms with van der Waals surface area (Å²) >= 11 is 0. The molecule has 17 heavy (non-hydrogen) atoms. The molecule has 1 aliphatic heterocycles. The number of amides is 2. The van der Waals surface area contributed by atoms with E-state index in [4.69, 9.17) is 0 Å². The third kappa shape index (κ3) is 3.35. The zero-order valence-electron chi connectivity index (χ0n) is 11.0. The van der Waals surface area contributed by atoms with E-state index >= 15 is 0 Å². The summed E-state index contributed by atoms with van der Waals surface area (Å²) in [6.45, 7) is 6.66. The van der Waals surface area contributed by atoms with Gasteiger partial charge in [-0.1, -0.05) is 13.8 Å². The average molecular weight is 242 g/mol. The van der Waals surface area contributed by atoms with E-state index in [1.54, 1.807) is 0 Å². The van der Waals surface area contributed by atoms with Crippen LogP contribution in [-0.2, 0) is 9.53 Å². The van der Waals surface area contributed by atoms with Crippen LogP contribution in [0.2, 0.25) is 0 Å². The van der Waals surface area contributed by atoms with Crippen molar-refractivity contribution in [2.45, 2.75) is 45.7 Å². The van der Waals surface area contributed by atoms with Crippen LogP contribution in [0, 0.1) is 5.92 Å². The predicted molar refractivity (Wildman–Crippen MR) is 64.6 cm³/mol. The van der Waals surface area contributed by atoms with Gasteiger partial charge in [-0.05, 0) is 25.7 Å². The molecule has 0 bridgehead atoms. The highest BCUT2D eigenvalue weighted by Crippen LogP contribution is 2.19. The van der Waals surface area contributed by atoms with Gasteiger partial charge in [-0.2, -0.15) is 0 Å². The van der Waals surface area contributed by atoms with Crippen LogP contribution < -0.4 is 5.32 Å². The molecule has 1 saturated heterocycles. The Hall–Kier alpha value is -1.26. The topological polar surface area (TPSA) is 58.6 Å². The number of methoxy groups -OCH3 is 1. The molecule has 1 fully saturated rings. The zero-order valence-corrected chi connectivity index (χ0v) is 11.0. The summed E-state index contributed by atoms with van der Waals surface area (Å²) in [5.41, 5.74) is 0. The maximum Gasteiger partial charge on any atom is 0.407 e. The molecule has 2 amide bonds. The largest absolute Gasteiger partial charge is 0.453 e. The fourth-order valence-corrected chi connectivity index (χ4v) is 2.14. The smallest absolute Gasteiger partial charge is 0.407 e. The number of nitrogens with one attached hydrogen (secondary N) is 1. The molecule has 98 valence electrons. The minimum absolute atomic E-state index is 0.00426. The van der Waals surface area contributed by atoms with Crippen molar-refractivity contribution in [3.8, 4) is 0 Å². The van der Waals surface area contributed by atoms with E-state index in [0.717, 1.165) is 19.4 Å². The van der Waals surface area contributed by atoms with Crippen LogP contribution in [0.5, 0.6) is 0 Å². The lowest BCUT2D eigenvalue weighted by Crippen LogP contribution is -2.52. The van der Waals surface area contributed by atoms with Crippen molar-refractivity contribution in [3.63, 3.8) is 0 Å². The Labute approximate surface area is 102 Å². The van der Waals surface area contributed by atoms with Gasteiger partial charge in [0.25, 0.3) is 0 Å². The van der Waals surface area contributed by atoms with Crippen molar-refractivity contribution in [3.05, 3.63) is 0 Å². The van der Waals surface area contributed by atoms with Gasteiger partial charge in [0.05, 0.1) is 7.11 Å². The molecule has 1 unspecified atom stereocenters. The van der Waals surface area contributed by atoms with Crippen molar-refractivity contribution in [1.29, 1.82) is 0 Å². The van der Waals surface area contributed by atoms with Crippen LogP contribution in [0.1, 0.15) is 33.6 Å². The molecule has 5 nitrogen and oxygen atoms in total. The Bertz CT molecular complexity index is 291. The van der Waals surface area contributed by atoms with E-state index in [2.05, 4.69) is 10.1 Å². The van der Waals surface area contributed by atoms with Gasteiger partial charge in [0.1, 0.15) is 6.04 Å². The van der Waals surface area contributed by atoms with Gasteiger partial charge in [-0.3, -0.25) is 4.79 Å². The van der Waals surface area contributed by atoms with Gasteiger partial charge < -0.3 is 15.0 Å². The average Bonchev–Trinajstić information content (AvgIpc) is 2.70. The van der Waals surface area contributed by atoms with E-state index in [1.807, 2.05) is 25.7 Å². The van der Waals surface area contributed by atoms with Crippen molar-refractivity contribution < 1.29 is 14.3 Å². The van der Waals surface area contributed by atoms with Crippen LogP contribution >= 0.6 is 0 Å². The molecular formula is C12H22N2O3. The van der Waals surface area contributed by atoms with Crippen molar-refractivity contribution in [1.82, 2.24) is 10.2 Å². The second kappa shape index (κ2) is 5.89. The third-order valence-electron chi connectivity index (χ3n) is 3.23. The second-order valence-corrected chi connectivity index (χ2v) is 4.88. The molecule has 5 heteroatoms. The van der Waals surface area contributed by atoms with Gasteiger partial charge >= 0.3 is 6.09 Å². The van der Waals surface area contributed by atoms with Crippen LogP contribution in [0.25, 0.3) is 0 Å². The summed E-state index contributed by atoms with van der Waals surface area (Å²) in [5, 5.41) is 2.61. The molecule has 2 atom stereocenters. The van der Waals surface area contributed by atoms with E-state index in [9.17, 15) is 9.59 Å². The minimum atomic E-state index is -0.552. The van der Waals surface area contributed by atoms with E-state index < -0.39 is 12.1 Å². The van der Waals surface area contributed by atoms with Crippen molar-refractivity contribution >= 4 is 12.0 Å². The fourth-order valence-electron chi connectivity index (χ4n) is 2.14. The van der Waals surface area contributed by atoms with Crippen molar-refractivity contribution in [2.24, 2.45) is 5.92 Å². The van der Waals surface area contributed by atoms with Crippen LogP contribution in [0.15, 0.2) is 0 Å². The Morgan fingerprint density at radius 2 is 2.06 bits per heavy atom. The SMILES string of the molecule is COC(=O)N[C@H](C(=O)N1CCCC1C)C(C)C. The first-order chi connectivity index (χ1) is 7.97. The lowest BCUT2D eigenvalue weighted by atomic mass is 10.0. The monoisotopic (exact) mass is 242 g/mol. The van der Waals surface area contributed by atoms with Crippen LogP contribution in [-0.4, -0.2) is 42.6 Å². The lowest BCUT2D eigenvalue weighted by Gasteiger charge is -2.29. The Kier molecular flexibility index (Phi) is 4.78. The van der Waals surface area contributed by atoms with Gasteiger partial charge in [-0.15, -0.1) is 0 Å². The zero-order chi connectivity index (χ0) is 13.0. The first-order valence-corrected chi connectivity index (χ1v) is 6.12. The normalized spacial score (nSPS) is 21.5. The maximum absolute atomic E-state index is 12.3. The number of carbonyl (C=O) groups is 2. The summed E-state index contributed by atoms with van der Waals surface area (Å²) in [5.74, 6) is 0.0461. The number of carbonyl (C=O) groups excluding carboxylic acids is 2. The fraction of sp³-hybridized carbons (Fsp3) is 0.833. The van der Waals surface area contributed by atoms with Gasteiger partial charge in [0.15, 0.2) is 0 Å². The minimum Gasteiger partial charge on any atom is -0.453 e. The molecule has 1 heterocycles. The summed E-state index contributed by atoms with van der Waals surface area (Å²) in [7, 11) is 1.30. The van der Waals surface area contributed by atoms with Crippen LogP contribution in [0.4, 0.5) is 4.79 Å². The van der Waals surface area contributed by atoms with Gasteiger partial charge in [-0.25, -0.2) is 4.79 Å². The molecule has 0 spiro atoms. The first kappa shape index (κ1) is 13.8. The molecule has 1 aliphatic rings. The van der Waals surface area contributed by atoms with Gasteiger partial charge in [0, 0.05) is 12.6 Å². The molecule has 0 saturated carbocycles. The highest BCUT2D eigenvalue weighted by atomic mass is 16.5. The Balaban J connectivity index is 2.69. The van der Waals surface area contributed by atoms with E-state index in [0.29, 0.717) is 0 Å². The molecule has 1 N–H and O–H groups in total. The number of alkyl carbamates (subject to hydrolysis) is 1. The number of hydrogen-bond donors (Lipinski definition) is 1. The molecular weight excluding hydrogens is 220 g/mol. The summed E-state index contributed by atoms with van der Waals surface area (Å²) in [6.07, 6.45) is 1.52. The number of ether oxygens (including phenoxy) is 1. The van der Waals surface area contributed by atoms with Gasteiger partial charge in [0.2, 0.25) is 5.91 Å². The van der Waals surface area contributed by atoms with Crippen molar-refractivity contribution in [2.75, 3.05) is 13.7 Å². The standard InChI is InChI=1S/C12H22N2O3/c1-8(2)10(13-12(16)17-4)11(15)14-7-5-6-9(14)3/h8-10H,5-7H2,1-4H3,(H,13,16)/t9?,10-/m0/s1. The lowest BCUT2D eigenvalue weighted by molar-refractivity contribution is -0.134. The molecule has 0 aromatic heterocycles. The van der Waals surface area contributed by atoms with Crippen LogP contribution in [0.3, 0.4) is 0 Å². The molecule has 0 aromatic rings. The molecule has 0 aromatic carbocycles.